The van der Waals surface area contributed by atoms with Crippen LogP contribution < -0.4 is 5.32 Å². The molecule has 19 heavy (non-hydrogen) atoms. The van der Waals surface area contributed by atoms with Gasteiger partial charge < -0.3 is 10.4 Å². The van der Waals surface area contributed by atoms with Crippen LogP contribution in [0, 0.1) is 11.2 Å². The van der Waals surface area contributed by atoms with E-state index in [0.29, 0.717) is 12.0 Å². The monoisotopic (exact) mass is 267 g/mol. The van der Waals surface area contributed by atoms with E-state index in [1.807, 2.05) is 0 Å². The van der Waals surface area contributed by atoms with E-state index in [9.17, 15) is 14.0 Å². The number of benzene rings is 1. The minimum absolute atomic E-state index is 0.0886. The zero-order chi connectivity index (χ0) is 14.5. The zero-order valence-electron chi connectivity index (χ0n) is 11.1. The fourth-order valence-corrected chi connectivity index (χ4v) is 1.52. The first-order valence-corrected chi connectivity index (χ1v) is 6.06. The van der Waals surface area contributed by atoms with Crippen LogP contribution in [0.3, 0.4) is 0 Å². The van der Waals surface area contributed by atoms with E-state index in [0.717, 1.165) is 0 Å². The summed E-state index contributed by atoms with van der Waals surface area (Å²) in [6, 6.07) is 5.84. The summed E-state index contributed by atoms with van der Waals surface area (Å²) in [5, 5.41) is 11.6. The molecule has 0 fully saturated rings. The van der Waals surface area contributed by atoms with Gasteiger partial charge in [0, 0.05) is 6.54 Å². The topological polar surface area (TPSA) is 66.4 Å². The van der Waals surface area contributed by atoms with Crippen molar-refractivity contribution in [1.82, 2.24) is 5.32 Å². The molecule has 0 aromatic heterocycles. The van der Waals surface area contributed by atoms with Crippen molar-refractivity contribution in [3.05, 3.63) is 35.6 Å². The molecule has 0 unspecified atom stereocenters. The summed E-state index contributed by atoms with van der Waals surface area (Å²) in [6.07, 6.45) is 0.433. The lowest BCUT2D eigenvalue weighted by atomic mass is 9.90. The summed E-state index contributed by atoms with van der Waals surface area (Å²) in [7, 11) is 0. The van der Waals surface area contributed by atoms with Gasteiger partial charge in [-0.2, -0.15) is 0 Å². The number of amides is 1. The van der Waals surface area contributed by atoms with Crippen LogP contribution in [0.1, 0.15) is 25.8 Å². The Kier molecular flexibility index (Phi) is 5.03. The first-order chi connectivity index (χ1) is 8.81. The van der Waals surface area contributed by atoms with E-state index in [2.05, 4.69) is 5.32 Å². The van der Waals surface area contributed by atoms with Crippen molar-refractivity contribution >= 4 is 11.9 Å². The van der Waals surface area contributed by atoms with Gasteiger partial charge in [-0.05, 0) is 38.0 Å². The highest BCUT2D eigenvalue weighted by Crippen LogP contribution is 2.19. The fourth-order valence-electron chi connectivity index (χ4n) is 1.52. The van der Waals surface area contributed by atoms with Crippen LogP contribution in [0.2, 0.25) is 0 Å². The number of carbonyl (C=O) groups excluding carboxylic acids is 1. The van der Waals surface area contributed by atoms with Crippen molar-refractivity contribution in [3.63, 3.8) is 0 Å². The SMILES string of the molecule is CC(C)(CCNC(=O)Cc1cccc(F)c1)C(=O)O. The van der Waals surface area contributed by atoms with Gasteiger partial charge >= 0.3 is 5.97 Å². The zero-order valence-corrected chi connectivity index (χ0v) is 11.1. The normalized spacial score (nSPS) is 11.1. The first kappa shape index (κ1) is 15.1. The minimum atomic E-state index is -0.896. The van der Waals surface area contributed by atoms with Gasteiger partial charge in [0.15, 0.2) is 0 Å². The van der Waals surface area contributed by atoms with Crippen molar-refractivity contribution in [2.24, 2.45) is 5.41 Å². The Morgan fingerprint density at radius 3 is 2.63 bits per heavy atom. The maximum atomic E-state index is 12.9. The standard InChI is InChI=1S/C14H18FNO3/c1-14(2,13(18)19)6-7-16-12(17)9-10-4-3-5-11(15)8-10/h3-5,8H,6-7,9H2,1-2H3,(H,16,17)(H,18,19). The van der Waals surface area contributed by atoms with E-state index >= 15 is 0 Å². The summed E-state index contributed by atoms with van der Waals surface area (Å²) >= 11 is 0. The Bertz CT molecular complexity index is 472. The van der Waals surface area contributed by atoms with Crippen LogP contribution in [-0.4, -0.2) is 23.5 Å². The molecular weight excluding hydrogens is 249 g/mol. The second-order valence-corrected chi connectivity index (χ2v) is 5.10. The second kappa shape index (κ2) is 6.31. The number of nitrogens with one attached hydrogen (secondary N) is 1. The molecule has 0 atom stereocenters. The summed E-state index contributed by atoms with van der Waals surface area (Å²) in [5.74, 6) is -1.52. The number of rotatable bonds is 6. The highest BCUT2D eigenvalue weighted by atomic mass is 19.1. The Morgan fingerprint density at radius 1 is 1.37 bits per heavy atom. The average molecular weight is 267 g/mol. The van der Waals surface area contributed by atoms with E-state index in [4.69, 9.17) is 5.11 Å². The third-order valence-corrected chi connectivity index (χ3v) is 2.90. The largest absolute Gasteiger partial charge is 0.481 e. The average Bonchev–Trinajstić information content (AvgIpc) is 2.28. The first-order valence-electron chi connectivity index (χ1n) is 6.06. The van der Waals surface area contributed by atoms with Gasteiger partial charge in [0.2, 0.25) is 5.91 Å². The molecule has 0 radical (unpaired) electrons. The lowest BCUT2D eigenvalue weighted by molar-refractivity contribution is -0.147. The van der Waals surface area contributed by atoms with Gasteiger partial charge in [-0.15, -0.1) is 0 Å². The van der Waals surface area contributed by atoms with Crippen molar-refractivity contribution in [1.29, 1.82) is 0 Å². The summed E-state index contributed by atoms with van der Waals surface area (Å²) in [5.41, 5.74) is -0.276. The molecule has 0 heterocycles. The lowest BCUT2D eigenvalue weighted by Crippen LogP contribution is -2.32. The second-order valence-electron chi connectivity index (χ2n) is 5.10. The maximum Gasteiger partial charge on any atom is 0.309 e. The molecule has 1 amide bonds. The van der Waals surface area contributed by atoms with Gasteiger partial charge in [0.25, 0.3) is 0 Å². The van der Waals surface area contributed by atoms with Gasteiger partial charge in [0.05, 0.1) is 11.8 Å². The van der Waals surface area contributed by atoms with Crippen LogP contribution in [0.5, 0.6) is 0 Å². The molecule has 1 rings (SSSR count). The van der Waals surface area contributed by atoms with Crippen molar-refractivity contribution in [3.8, 4) is 0 Å². The number of aliphatic carboxylic acids is 1. The number of carboxylic acids is 1. The van der Waals surface area contributed by atoms with Gasteiger partial charge in [-0.25, -0.2) is 4.39 Å². The molecule has 0 aliphatic rings. The van der Waals surface area contributed by atoms with Crippen molar-refractivity contribution in [2.45, 2.75) is 26.7 Å². The smallest absolute Gasteiger partial charge is 0.309 e. The molecule has 0 aliphatic carbocycles. The van der Waals surface area contributed by atoms with E-state index in [1.165, 1.54) is 12.1 Å². The molecular formula is C14H18FNO3. The summed E-state index contributed by atoms with van der Waals surface area (Å²) in [4.78, 5) is 22.5. The molecule has 1 aromatic carbocycles. The molecule has 1 aromatic rings. The maximum absolute atomic E-state index is 12.9. The molecule has 0 saturated carbocycles. The quantitative estimate of drug-likeness (QED) is 0.828. The minimum Gasteiger partial charge on any atom is -0.481 e. The predicted molar refractivity (Wildman–Crippen MR) is 69.1 cm³/mol. The Labute approximate surface area is 111 Å². The van der Waals surface area contributed by atoms with Crippen LogP contribution in [-0.2, 0) is 16.0 Å². The number of carboxylic acid groups (broad SMARTS) is 1. The Morgan fingerprint density at radius 2 is 2.05 bits per heavy atom. The third kappa shape index (κ3) is 5.07. The van der Waals surface area contributed by atoms with Crippen LogP contribution in [0.15, 0.2) is 24.3 Å². The van der Waals surface area contributed by atoms with Gasteiger partial charge in [-0.1, -0.05) is 12.1 Å². The van der Waals surface area contributed by atoms with E-state index in [1.54, 1.807) is 26.0 Å². The molecule has 0 saturated heterocycles. The highest BCUT2D eigenvalue weighted by Gasteiger charge is 2.26. The molecule has 5 heteroatoms. The molecule has 4 nitrogen and oxygen atoms in total. The van der Waals surface area contributed by atoms with Crippen LogP contribution >= 0.6 is 0 Å². The van der Waals surface area contributed by atoms with Gasteiger partial charge in [0.1, 0.15) is 5.82 Å². The summed E-state index contributed by atoms with van der Waals surface area (Å²) < 4.78 is 12.9. The number of halogens is 1. The fraction of sp³-hybridized carbons (Fsp3) is 0.429. The molecule has 0 aliphatic heterocycles. The van der Waals surface area contributed by atoms with E-state index < -0.39 is 11.4 Å². The van der Waals surface area contributed by atoms with Crippen molar-refractivity contribution < 1.29 is 19.1 Å². The lowest BCUT2D eigenvalue weighted by Gasteiger charge is -2.18. The van der Waals surface area contributed by atoms with Gasteiger partial charge in [-0.3, -0.25) is 9.59 Å². The number of hydrogen-bond acceptors (Lipinski definition) is 2. The van der Waals surface area contributed by atoms with Crippen molar-refractivity contribution in [2.75, 3.05) is 6.54 Å². The van der Waals surface area contributed by atoms with Crippen LogP contribution in [0.4, 0.5) is 4.39 Å². The highest BCUT2D eigenvalue weighted by molar-refractivity contribution is 5.78. The van der Waals surface area contributed by atoms with Crippen LogP contribution in [0.25, 0.3) is 0 Å². The Hall–Kier alpha value is -1.91. The van der Waals surface area contributed by atoms with E-state index in [-0.39, 0.29) is 24.7 Å². The summed E-state index contributed by atoms with van der Waals surface area (Å²) in [6.45, 7) is 3.50. The predicted octanol–water partition coefficient (Wildman–Crippen LogP) is 1.99. The number of carbonyl (C=O) groups is 2. The molecule has 0 bridgehead atoms. The molecule has 0 spiro atoms. The third-order valence-electron chi connectivity index (χ3n) is 2.90. The molecule has 104 valence electrons. The Balaban J connectivity index is 2.39. The molecule has 2 N–H and O–H groups in total. The number of hydrogen-bond donors (Lipinski definition) is 2.